The summed E-state index contributed by atoms with van der Waals surface area (Å²) < 4.78 is 0.912. The monoisotopic (exact) mass is 326 g/mol. The van der Waals surface area contributed by atoms with Gasteiger partial charge in [-0.3, -0.25) is 0 Å². The van der Waals surface area contributed by atoms with E-state index >= 15 is 0 Å². The van der Waals surface area contributed by atoms with Crippen molar-refractivity contribution in [3.8, 4) is 0 Å². The van der Waals surface area contributed by atoms with Gasteiger partial charge in [-0.2, -0.15) is 0 Å². The van der Waals surface area contributed by atoms with Crippen molar-refractivity contribution in [3.63, 3.8) is 0 Å². The molecule has 18 heavy (non-hydrogen) atoms. The van der Waals surface area contributed by atoms with Gasteiger partial charge in [-0.05, 0) is 12.5 Å². The third kappa shape index (κ3) is 3.33. The minimum atomic E-state index is -2.13. The van der Waals surface area contributed by atoms with E-state index in [2.05, 4.69) is 6.58 Å². The first-order valence-electron chi connectivity index (χ1n) is 4.88. The number of rotatable bonds is 4. The molecule has 0 bridgehead atoms. The summed E-state index contributed by atoms with van der Waals surface area (Å²) in [4.78, 5) is 11.4. The maximum Gasteiger partial charge on any atom is 0.335 e. The maximum absolute atomic E-state index is 11.4. The second-order valence-corrected chi connectivity index (χ2v) is 6.21. The molecule has 0 N–H and O–H groups in total. The van der Waals surface area contributed by atoms with Crippen LogP contribution in [0.1, 0.15) is 12.5 Å². The van der Waals surface area contributed by atoms with Crippen LogP contribution in [-0.4, -0.2) is 10.5 Å². The Morgan fingerprint density at radius 3 is 2.11 bits per heavy atom. The molecule has 0 amide bonds. The zero-order chi connectivity index (χ0) is 14.0. The predicted octanol–water partition coefficient (Wildman–Crippen LogP) is 4.57. The molecule has 0 aromatic heterocycles. The van der Waals surface area contributed by atoms with Gasteiger partial charge < -0.3 is 4.74 Å². The summed E-state index contributed by atoms with van der Waals surface area (Å²) >= 11 is 24.0. The Kier molecular flexibility index (Phi) is 4.96. The molecule has 98 valence electrons. The molecule has 0 fully saturated rings. The molecule has 6 heteroatoms. The van der Waals surface area contributed by atoms with Crippen LogP contribution >= 0.6 is 46.4 Å². The van der Waals surface area contributed by atoms with Crippen LogP contribution in [0.15, 0.2) is 42.5 Å². The van der Waals surface area contributed by atoms with Gasteiger partial charge in [-0.15, -0.1) is 0 Å². The molecule has 1 aromatic rings. The van der Waals surface area contributed by atoms with Gasteiger partial charge in [0.1, 0.15) is 0 Å². The van der Waals surface area contributed by atoms with Gasteiger partial charge in [0.25, 0.3) is 4.52 Å². The largest absolute Gasteiger partial charge is 0.422 e. The quantitative estimate of drug-likeness (QED) is 0.460. The number of ether oxygens (including phenoxy) is 1. The number of carbonyl (C=O) groups is 1. The summed E-state index contributed by atoms with van der Waals surface area (Å²) in [5.74, 6) is -0.776. The second-order valence-electron chi connectivity index (χ2n) is 3.63. The fourth-order valence-corrected chi connectivity index (χ4v) is 1.77. The van der Waals surface area contributed by atoms with Crippen LogP contribution in [0.25, 0.3) is 0 Å². The molecule has 0 heterocycles. The molecule has 0 radical (unpaired) electrons. The number of carbonyl (C=O) groups excluding carboxylic acids is 1. The summed E-state index contributed by atoms with van der Waals surface area (Å²) in [6, 6.07) is 8.43. The minimum Gasteiger partial charge on any atom is -0.422 e. The Labute approximate surface area is 125 Å². The van der Waals surface area contributed by atoms with E-state index in [0.717, 1.165) is 0 Å². The van der Waals surface area contributed by atoms with Crippen molar-refractivity contribution in [2.75, 3.05) is 0 Å². The summed E-state index contributed by atoms with van der Waals surface area (Å²) in [5, 5.41) is 0. The highest BCUT2D eigenvalue weighted by Crippen LogP contribution is 2.51. The number of hydrogen-bond acceptors (Lipinski definition) is 2. The summed E-state index contributed by atoms with van der Waals surface area (Å²) in [7, 11) is 0. The van der Waals surface area contributed by atoms with Gasteiger partial charge in [-0.1, -0.05) is 83.3 Å². The van der Waals surface area contributed by atoms with Crippen molar-refractivity contribution in [3.05, 3.63) is 48.0 Å². The smallest absolute Gasteiger partial charge is 0.335 e. The van der Waals surface area contributed by atoms with E-state index in [0.29, 0.717) is 5.56 Å². The molecule has 0 atom stereocenters. The molecule has 0 aliphatic rings. The van der Waals surface area contributed by atoms with E-state index in [1.165, 1.54) is 6.92 Å². The normalized spacial score (nSPS) is 12.1. The van der Waals surface area contributed by atoms with E-state index in [9.17, 15) is 4.79 Å². The Balaban J connectivity index is 3.03. The van der Waals surface area contributed by atoms with E-state index in [1.807, 2.05) is 0 Å². The van der Waals surface area contributed by atoms with Gasteiger partial charge in [0, 0.05) is 5.57 Å². The standard InChI is InChI=1S/C12H10Cl4O2/c1-8(2)10(17)18-12(15,16)11(13,14)9-6-4-3-5-7-9/h3-7H,1H2,2H3. The van der Waals surface area contributed by atoms with Crippen molar-refractivity contribution in [1.29, 1.82) is 0 Å². The molecule has 0 saturated heterocycles. The van der Waals surface area contributed by atoms with E-state index in [1.54, 1.807) is 30.3 Å². The van der Waals surface area contributed by atoms with Gasteiger partial charge in [0.05, 0.1) is 0 Å². The molecule has 1 aromatic carbocycles. The van der Waals surface area contributed by atoms with Crippen molar-refractivity contribution in [2.45, 2.75) is 15.8 Å². The molecule has 1 rings (SSSR count). The van der Waals surface area contributed by atoms with Crippen LogP contribution in [0.2, 0.25) is 0 Å². The Morgan fingerprint density at radius 1 is 1.17 bits per heavy atom. The lowest BCUT2D eigenvalue weighted by atomic mass is 10.1. The first kappa shape index (κ1) is 15.6. The summed E-state index contributed by atoms with van der Waals surface area (Å²) in [6.45, 7) is 4.87. The third-order valence-corrected chi connectivity index (χ3v) is 4.15. The Hall–Kier alpha value is -0.410. The van der Waals surface area contributed by atoms with Crippen LogP contribution in [-0.2, 0) is 13.9 Å². The van der Waals surface area contributed by atoms with Crippen LogP contribution in [0.5, 0.6) is 0 Å². The highest BCUT2D eigenvalue weighted by Gasteiger charge is 2.52. The van der Waals surface area contributed by atoms with E-state index < -0.39 is 14.8 Å². The van der Waals surface area contributed by atoms with Gasteiger partial charge in [0.2, 0.25) is 4.33 Å². The fourth-order valence-electron chi connectivity index (χ4n) is 1.08. The molecule has 0 spiro atoms. The molecule has 0 saturated carbocycles. The van der Waals surface area contributed by atoms with Gasteiger partial charge in [0.15, 0.2) is 0 Å². The van der Waals surface area contributed by atoms with Crippen LogP contribution in [0.3, 0.4) is 0 Å². The zero-order valence-electron chi connectivity index (χ0n) is 9.42. The molecule has 0 aliphatic heterocycles. The lowest BCUT2D eigenvalue weighted by molar-refractivity contribution is -0.143. The third-order valence-electron chi connectivity index (χ3n) is 2.07. The topological polar surface area (TPSA) is 26.3 Å². The van der Waals surface area contributed by atoms with Crippen molar-refractivity contribution in [2.24, 2.45) is 0 Å². The number of halogens is 4. The summed E-state index contributed by atoms with van der Waals surface area (Å²) in [5.41, 5.74) is 0.547. The second kappa shape index (κ2) is 5.70. The fraction of sp³-hybridized carbons (Fsp3) is 0.250. The van der Waals surface area contributed by atoms with Crippen LogP contribution < -0.4 is 0 Å². The van der Waals surface area contributed by atoms with Crippen molar-refractivity contribution in [1.82, 2.24) is 0 Å². The van der Waals surface area contributed by atoms with Crippen LogP contribution in [0.4, 0.5) is 0 Å². The molecule has 0 unspecified atom stereocenters. The average molecular weight is 328 g/mol. The Morgan fingerprint density at radius 2 is 1.67 bits per heavy atom. The lowest BCUT2D eigenvalue weighted by Gasteiger charge is -2.32. The van der Waals surface area contributed by atoms with Crippen molar-refractivity contribution < 1.29 is 9.53 Å². The number of benzene rings is 1. The van der Waals surface area contributed by atoms with E-state index in [4.69, 9.17) is 51.1 Å². The maximum atomic E-state index is 11.4. The summed E-state index contributed by atoms with van der Waals surface area (Å²) in [6.07, 6.45) is 0. The zero-order valence-corrected chi connectivity index (χ0v) is 12.4. The highest BCUT2D eigenvalue weighted by atomic mass is 35.5. The van der Waals surface area contributed by atoms with Crippen LogP contribution in [0, 0.1) is 0 Å². The highest BCUT2D eigenvalue weighted by molar-refractivity contribution is 6.61. The number of alkyl halides is 4. The number of esters is 1. The van der Waals surface area contributed by atoms with E-state index in [-0.39, 0.29) is 5.57 Å². The molecular weight excluding hydrogens is 318 g/mol. The average Bonchev–Trinajstić information content (AvgIpc) is 2.29. The number of hydrogen-bond donors (Lipinski definition) is 0. The first-order chi connectivity index (χ1) is 8.18. The predicted molar refractivity (Wildman–Crippen MR) is 75.2 cm³/mol. The lowest BCUT2D eigenvalue weighted by Crippen LogP contribution is -2.38. The first-order valence-corrected chi connectivity index (χ1v) is 6.39. The van der Waals surface area contributed by atoms with Gasteiger partial charge >= 0.3 is 5.97 Å². The SMILES string of the molecule is C=C(C)C(=O)OC(Cl)(Cl)C(Cl)(Cl)c1ccccc1. The van der Waals surface area contributed by atoms with Crippen molar-refractivity contribution >= 4 is 52.4 Å². The Bertz CT molecular complexity index is 454. The minimum absolute atomic E-state index is 0.137. The van der Waals surface area contributed by atoms with Gasteiger partial charge in [-0.25, -0.2) is 4.79 Å². The molecule has 0 aliphatic carbocycles. The molecule has 2 nitrogen and oxygen atoms in total. The molecular formula is C12H10Cl4O2.